The zero-order chi connectivity index (χ0) is 47.9. The van der Waals surface area contributed by atoms with Crippen LogP contribution < -0.4 is 32.3 Å². The van der Waals surface area contributed by atoms with E-state index < -0.39 is 17.5 Å². The van der Waals surface area contributed by atoms with Crippen molar-refractivity contribution in [1.29, 1.82) is 0 Å². The molecule has 0 atom stereocenters. The van der Waals surface area contributed by atoms with Gasteiger partial charge in [0.2, 0.25) is 0 Å². The van der Waals surface area contributed by atoms with Gasteiger partial charge in [0.1, 0.15) is 29.1 Å². The highest BCUT2D eigenvalue weighted by atomic mass is 35.5. The fourth-order valence-electron chi connectivity index (χ4n) is 7.71. The molecule has 5 heterocycles. The van der Waals surface area contributed by atoms with Crippen molar-refractivity contribution in [2.24, 2.45) is 20.2 Å². The molecular formula is C49H47Cl4F3N12. The molecule has 0 saturated carbocycles. The first-order valence-corrected chi connectivity index (χ1v) is 23.1. The van der Waals surface area contributed by atoms with Crippen LogP contribution in [0.2, 0.25) is 15.1 Å². The van der Waals surface area contributed by atoms with Crippen LogP contribution in [0.25, 0.3) is 0 Å². The number of hydrogen-bond donors (Lipinski definition) is 6. The van der Waals surface area contributed by atoms with E-state index in [1.54, 1.807) is 6.07 Å². The van der Waals surface area contributed by atoms with Crippen LogP contribution in [-0.4, -0.2) is 98.7 Å². The third-order valence-electron chi connectivity index (χ3n) is 11.4. The number of hydrogen-bond acceptors (Lipinski definition) is 11. The van der Waals surface area contributed by atoms with Crippen LogP contribution in [0.15, 0.2) is 124 Å². The van der Waals surface area contributed by atoms with Crippen LogP contribution >= 0.6 is 46.6 Å². The normalized spacial score (nSPS) is 16.4. The minimum absolute atomic E-state index is 0.0260. The Morgan fingerprint density at radius 2 is 0.956 bits per heavy atom. The minimum Gasteiger partial charge on any atom is -0.383 e. The third kappa shape index (κ3) is 11.4. The molecule has 2 saturated heterocycles. The van der Waals surface area contributed by atoms with Gasteiger partial charge in [-0.3, -0.25) is 0 Å². The monoisotopic (exact) mass is 1000 g/mol. The van der Waals surface area contributed by atoms with E-state index >= 15 is 0 Å². The lowest BCUT2D eigenvalue weighted by Gasteiger charge is -2.34. The summed E-state index contributed by atoms with van der Waals surface area (Å²) in [4.78, 5) is 16.0. The molecule has 7 N–H and O–H groups in total. The van der Waals surface area contributed by atoms with Crippen molar-refractivity contribution in [3.63, 3.8) is 0 Å². The molecule has 0 radical (unpaired) electrons. The minimum atomic E-state index is -0.490. The summed E-state index contributed by atoms with van der Waals surface area (Å²) in [5.41, 5.74) is 14.6. The second kappa shape index (κ2) is 21.9. The van der Waals surface area contributed by atoms with Gasteiger partial charge in [-0.15, -0.1) is 0 Å². The van der Waals surface area contributed by atoms with Crippen LogP contribution in [0.4, 0.5) is 64.4 Å². The Labute approximate surface area is 412 Å². The van der Waals surface area contributed by atoms with Gasteiger partial charge in [0.05, 0.1) is 49.2 Å². The quantitative estimate of drug-likeness (QED) is 0.0880. The van der Waals surface area contributed by atoms with Gasteiger partial charge in [-0.1, -0.05) is 71.2 Å². The standard InChI is InChI=1S/C18H18ClFN4.C13H8Cl2FN3.C13H9ClFN3.C5H12N2/c1-23-6-8-24(9-7-23)18-12-4-2-3-5-15(12)21-17-11-14(20)13(19)10-16(17)22-18;14-8-5-11-12(6-9(8)16)17-10-4-2-1-3-7(10)13(18-11)19-15;14-8-5-11-12(6-9(8)15)17-10-4-2-1-3-7(10)13(16)18-11;1-7-4-2-6-3-5-7/h2-5,10-11,21H,6-9H2,1H3;1-6,17H,(H,18,19);1-6,17H,(H2,16,18);6H,2-5H2,1H3. The van der Waals surface area contributed by atoms with E-state index in [2.05, 4.69) is 64.9 Å². The number of para-hydroxylation sites is 3. The van der Waals surface area contributed by atoms with Crippen molar-refractivity contribution in [2.75, 3.05) is 87.7 Å². The first kappa shape index (κ1) is 48.4. The summed E-state index contributed by atoms with van der Waals surface area (Å²) in [6.07, 6.45) is 0. The number of piperazine rings is 2. The molecule has 2 fully saturated rings. The highest BCUT2D eigenvalue weighted by Crippen LogP contribution is 2.39. The molecule has 0 amide bonds. The Hall–Kier alpha value is -6.04. The largest absolute Gasteiger partial charge is 0.383 e. The van der Waals surface area contributed by atoms with Gasteiger partial charge in [0.15, 0.2) is 5.84 Å². The SMILES string of the molecule is CN1CCN(C2=Nc3cc(Cl)c(F)cc3Nc3ccccc32)CC1.CN1CCNCC1.Fc1cc2c(cc1Cl)NC(=NCl)c1ccccc1N2.NC1=Nc2cc(Cl)c(F)cc2Nc2ccccc21. The van der Waals surface area contributed by atoms with Gasteiger partial charge < -0.3 is 47.0 Å². The Kier molecular flexibility index (Phi) is 15.6. The number of anilines is 7. The predicted molar refractivity (Wildman–Crippen MR) is 275 cm³/mol. The van der Waals surface area contributed by atoms with Crippen molar-refractivity contribution in [1.82, 2.24) is 20.0 Å². The van der Waals surface area contributed by atoms with Gasteiger partial charge in [0, 0.05) is 116 Å². The lowest BCUT2D eigenvalue weighted by molar-refractivity contribution is 0.216. The summed E-state index contributed by atoms with van der Waals surface area (Å²) in [5.74, 6) is 0.339. The van der Waals surface area contributed by atoms with Crippen molar-refractivity contribution in [2.45, 2.75) is 0 Å². The molecule has 352 valence electrons. The Balaban J connectivity index is 0.000000130. The van der Waals surface area contributed by atoms with Gasteiger partial charge >= 0.3 is 0 Å². The molecule has 0 spiro atoms. The van der Waals surface area contributed by atoms with E-state index in [1.807, 2.05) is 72.8 Å². The van der Waals surface area contributed by atoms with E-state index in [1.165, 1.54) is 43.4 Å². The topological polar surface area (TPSA) is 133 Å². The van der Waals surface area contributed by atoms with Gasteiger partial charge in [-0.2, -0.15) is 4.51 Å². The van der Waals surface area contributed by atoms with E-state index in [0.29, 0.717) is 45.8 Å². The molecule has 6 aromatic carbocycles. The summed E-state index contributed by atoms with van der Waals surface area (Å²) in [6, 6.07) is 31.5. The summed E-state index contributed by atoms with van der Waals surface area (Å²) in [7, 11) is 4.28. The summed E-state index contributed by atoms with van der Waals surface area (Å²) >= 11 is 23.1. The molecule has 0 aliphatic carbocycles. The maximum Gasteiger partial charge on any atom is 0.154 e. The third-order valence-corrected chi connectivity index (χ3v) is 12.5. The van der Waals surface area contributed by atoms with Gasteiger partial charge in [-0.25, -0.2) is 23.2 Å². The van der Waals surface area contributed by atoms with E-state index in [4.69, 9.17) is 57.3 Å². The Morgan fingerprint density at radius 1 is 0.515 bits per heavy atom. The first-order chi connectivity index (χ1) is 32.8. The molecule has 68 heavy (non-hydrogen) atoms. The number of amidine groups is 3. The maximum atomic E-state index is 13.9. The van der Waals surface area contributed by atoms with Crippen molar-refractivity contribution < 1.29 is 13.2 Å². The fourth-order valence-corrected chi connectivity index (χ4v) is 8.32. The van der Waals surface area contributed by atoms with E-state index in [-0.39, 0.29) is 15.1 Å². The summed E-state index contributed by atoms with van der Waals surface area (Å²) in [5, 5.41) is 16.0. The van der Waals surface area contributed by atoms with Crippen LogP contribution in [0, 0.1) is 17.5 Å². The summed E-state index contributed by atoms with van der Waals surface area (Å²) < 4.78 is 44.6. The van der Waals surface area contributed by atoms with Gasteiger partial charge in [0.25, 0.3) is 0 Å². The van der Waals surface area contributed by atoms with Crippen LogP contribution in [-0.2, 0) is 0 Å². The fraction of sp³-hybridized carbons (Fsp3) is 0.204. The second-order valence-corrected chi connectivity index (χ2v) is 17.6. The maximum absolute atomic E-state index is 13.9. The molecule has 12 nitrogen and oxygen atoms in total. The number of likely N-dealkylation sites (N-methyl/N-ethyl adjacent to an activating group) is 2. The number of nitrogens with two attached hydrogens (primary N) is 1. The van der Waals surface area contributed by atoms with Crippen molar-refractivity contribution in [3.8, 4) is 0 Å². The summed E-state index contributed by atoms with van der Waals surface area (Å²) in [6.45, 7) is 8.55. The lowest BCUT2D eigenvalue weighted by Crippen LogP contribution is -2.47. The van der Waals surface area contributed by atoms with Crippen LogP contribution in [0.5, 0.6) is 0 Å². The first-order valence-electron chi connectivity index (χ1n) is 21.6. The average Bonchev–Trinajstić information content (AvgIpc) is 3.66. The molecule has 19 heteroatoms. The number of benzene rings is 6. The molecule has 0 aromatic heterocycles. The smallest absolute Gasteiger partial charge is 0.154 e. The van der Waals surface area contributed by atoms with E-state index in [0.717, 1.165) is 78.9 Å². The number of nitrogens with zero attached hydrogens (tertiary/aromatic N) is 6. The molecular weight excluding hydrogens is 955 g/mol. The Morgan fingerprint density at radius 3 is 1.51 bits per heavy atom. The molecule has 6 aromatic rings. The number of fused-ring (bicyclic) bond motifs is 6. The average molecular weight is 1000 g/mol. The zero-order valence-corrected chi connectivity index (χ0v) is 40.0. The highest BCUT2D eigenvalue weighted by Gasteiger charge is 2.25. The van der Waals surface area contributed by atoms with Crippen LogP contribution in [0.1, 0.15) is 16.7 Å². The molecule has 0 unspecified atom stereocenters. The molecule has 0 bridgehead atoms. The second-order valence-electron chi connectivity index (χ2n) is 16.2. The number of halogens is 7. The highest BCUT2D eigenvalue weighted by molar-refractivity contribution is 6.32. The Bertz CT molecular complexity index is 2900. The molecule has 5 aliphatic heterocycles. The van der Waals surface area contributed by atoms with Crippen molar-refractivity contribution >= 4 is 115 Å². The van der Waals surface area contributed by atoms with Crippen molar-refractivity contribution in [3.05, 3.63) is 158 Å². The predicted octanol–water partition coefficient (Wildman–Crippen LogP) is 11.5. The lowest BCUT2D eigenvalue weighted by atomic mass is 10.1. The van der Waals surface area contributed by atoms with E-state index in [9.17, 15) is 13.2 Å². The van der Waals surface area contributed by atoms with Crippen LogP contribution in [0.3, 0.4) is 0 Å². The molecule has 11 rings (SSSR count). The number of aliphatic imine (C=N–C) groups is 2. The number of nitrogens with one attached hydrogen (secondary N) is 5. The molecule has 5 aliphatic rings. The van der Waals surface area contributed by atoms with Gasteiger partial charge in [-0.05, 0) is 68.7 Å². The zero-order valence-electron chi connectivity index (χ0n) is 37.0. The number of rotatable bonds is 0.